The van der Waals surface area contributed by atoms with Crippen LogP contribution in [0.15, 0.2) is 291 Å². The van der Waals surface area contributed by atoms with Gasteiger partial charge in [0.1, 0.15) is 0 Å². The maximum atomic E-state index is 2.64. The van der Waals surface area contributed by atoms with Gasteiger partial charge in [0.2, 0.25) is 0 Å². The van der Waals surface area contributed by atoms with Gasteiger partial charge in [-0.2, -0.15) is 0 Å². The Bertz CT molecular complexity index is 5740. The lowest BCUT2D eigenvalue weighted by atomic mass is 9.59. The maximum Gasteiger partial charge on any atom is 0.0153 e. The Morgan fingerprint density at radius 3 is 0.596 bits per heavy atom. The summed E-state index contributed by atoms with van der Waals surface area (Å²) in [7, 11) is 0. The van der Waals surface area contributed by atoms with Crippen LogP contribution in [0.2, 0.25) is 0 Å². The first-order chi connectivity index (χ1) is 46.1. The minimum absolute atomic E-state index is 0.366. The van der Waals surface area contributed by atoms with Gasteiger partial charge in [-0.05, 0) is 316 Å². The summed E-state index contributed by atoms with van der Waals surface area (Å²) in [6.45, 7) is 10.0. The van der Waals surface area contributed by atoms with Gasteiger partial charge in [0, 0.05) is 10.8 Å². The molecule has 21 rings (SSSR count). The molecular weight excluding hydrogens is 1130 g/mol. The fraction of sp³-hybridized carbons (Fsp3) is 0.0638. The lowest BCUT2D eigenvalue weighted by molar-refractivity contribution is 0.521. The molecule has 0 aromatic heterocycles. The number of hydrogen-bond acceptors (Lipinski definition) is 0. The molecule has 0 aliphatic heterocycles. The summed E-state index contributed by atoms with van der Waals surface area (Å²) in [6, 6.07) is 112. The van der Waals surface area contributed by atoms with E-state index in [4.69, 9.17) is 0 Å². The molecule has 0 atom stereocenters. The molecular formula is C94H60. The van der Waals surface area contributed by atoms with Crippen LogP contribution in [-0.4, -0.2) is 0 Å². The molecule has 0 nitrogen and oxygen atoms in total. The van der Waals surface area contributed by atoms with Crippen molar-refractivity contribution in [1.82, 2.24) is 0 Å². The quantitative estimate of drug-likeness (QED) is 0.154. The summed E-state index contributed by atoms with van der Waals surface area (Å²) in [5, 5.41) is 25.6. The second-order valence-corrected chi connectivity index (χ2v) is 28.2. The third-order valence-corrected chi connectivity index (χ3v) is 22.6. The normalized spacial score (nSPS) is 13.9. The molecule has 3 aliphatic rings. The van der Waals surface area contributed by atoms with E-state index in [2.05, 4.69) is 319 Å². The third-order valence-electron chi connectivity index (χ3n) is 22.6. The summed E-state index contributed by atoms with van der Waals surface area (Å²) in [4.78, 5) is 0. The van der Waals surface area contributed by atoms with Crippen molar-refractivity contribution in [2.75, 3.05) is 0 Å². The summed E-state index contributed by atoms with van der Waals surface area (Å²) >= 11 is 0. The van der Waals surface area contributed by atoms with Crippen molar-refractivity contribution in [2.45, 2.75) is 38.5 Å². The number of benzene rings is 18. The van der Waals surface area contributed by atoms with Gasteiger partial charge in [-0.1, -0.05) is 222 Å². The van der Waals surface area contributed by atoms with Crippen LogP contribution in [0.1, 0.15) is 49.9 Å². The Kier molecular flexibility index (Phi) is 10.3. The van der Waals surface area contributed by atoms with Crippen molar-refractivity contribution in [3.63, 3.8) is 0 Å². The zero-order chi connectivity index (χ0) is 62.0. The topological polar surface area (TPSA) is 0 Å². The maximum absolute atomic E-state index is 2.64. The van der Waals surface area contributed by atoms with Gasteiger partial charge in [0.15, 0.2) is 0 Å². The van der Waals surface area contributed by atoms with E-state index in [1.165, 1.54) is 219 Å². The SMILES string of the molecule is CC1(C)c2cc3c(cc2C(C)(C)c2cc4c(cc21)-c1cc(-c2cc5ccccc5c5ccccc25)cc2cc(-c5cc6ccccc6c6ccccc56)cc-4c12)-c1cc(-c2cc4ccccc4c4ccccc24)cc2cc(-c4cc5ccccc5c5ccccc45)cc-3c12. The highest BCUT2D eigenvalue weighted by atomic mass is 14.5. The van der Waals surface area contributed by atoms with Crippen molar-refractivity contribution < 1.29 is 0 Å². The zero-order valence-corrected chi connectivity index (χ0v) is 52.7. The second-order valence-electron chi connectivity index (χ2n) is 28.2. The average molecular weight is 1190 g/mol. The molecule has 436 valence electrons. The number of rotatable bonds is 4. The summed E-state index contributed by atoms with van der Waals surface area (Å²) in [6.07, 6.45) is 0. The largest absolute Gasteiger partial charge is 0.0616 e. The standard InChI is InChI=1S/C94H60/c1-93(2)87-49-79-81(85-47-59(77-43-55-23-7-11-27-65(55)69-31-15-19-35-73(69)77)39-61-37-57(45-83(79)91(61)85)75-41-53-21-5-9-25-63(53)67-29-13-17-33-71(67)75)51-89(87)94(3,4)90-52-82-80(50-88(90)93)84-46-58(76-42-54-22-6-10-26-64(54)68-30-14-18-34-72(68)76)38-62-40-60(48-86(82)92(62)84)78-44-56-24-8-12-28-66(56)70-32-16-20-36-74(70)78/h5-52H,1-4H3. The van der Waals surface area contributed by atoms with E-state index in [9.17, 15) is 0 Å². The van der Waals surface area contributed by atoms with E-state index in [0.29, 0.717) is 0 Å². The van der Waals surface area contributed by atoms with Crippen LogP contribution >= 0.6 is 0 Å². The molecule has 0 heterocycles. The first-order valence-corrected chi connectivity index (χ1v) is 33.4. The molecule has 0 amide bonds. The number of hydrogen-bond donors (Lipinski definition) is 0. The van der Waals surface area contributed by atoms with Gasteiger partial charge in [-0.15, -0.1) is 0 Å². The van der Waals surface area contributed by atoms with E-state index in [-0.39, 0.29) is 10.8 Å². The van der Waals surface area contributed by atoms with Crippen LogP contribution in [0, 0.1) is 0 Å². The van der Waals surface area contributed by atoms with Gasteiger partial charge in [0.25, 0.3) is 0 Å². The van der Waals surface area contributed by atoms with Crippen molar-refractivity contribution in [3.05, 3.63) is 313 Å². The molecule has 0 N–H and O–H groups in total. The van der Waals surface area contributed by atoms with E-state index in [0.717, 1.165) is 0 Å². The van der Waals surface area contributed by atoms with E-state index in [1.54, 1.807) is 0 Å². The second kappa shape index (κ2) is 18.6. The van der Waals surface area contributed by atoms with E-state index < -0.39 is 0 Å². The fourth-order valence-electron chi connectivity index (χ4n) is 18.1. The molecule has 3 aliphatic carbocycles. The van der Waals surface area contributed by atoms with Crippen molar-refractivity contribution >= 4 is 108 Å². The molecule has 0 spiro atoms. The molecule has 0 saturated heterocycles. The van der Waals surface area contributed by atoms with Crippen LogP contribution in [-0.2, 0) is 10.8 Å². The summed E-state index contributed by atoms with van der Waals surface area (Å²) < 4.78 is 0. The minimum Gasteiger partial charge on any atom is -0.0616 e. The van der Waals surface area contributed by atoms with Crippen molar-refractivity contribution in [1.29, 1.82) is 0 Å². The predicted octanol–water partition coefficient (Wildman–Crippen LogP) is 26.1. The summed E-state index contributed by atoms with van der Waals surface area (Å²) in [5.74, 6) is 0. The van der Waals surface area contributed by atoms with Gasteiger partial charge in [-0.25, -0.2) is 0 Å². The van der Waals surface area contributed by atoms with Gasteiger partial charge in [-0.3, -0.25) is 0 Å². The smallest absolute Gasteiger partial charge is 0.0153 e. The Hall–Kier alpha value is -11.4. The molecule has 0 heteroatoms. The van der Waals surface area contributed by atoms with Gasteiger partial charge in [0.05, 0.1) is 0 Å². The average Bonchev–Trinajstić information content (AvgIpc) is 1.41. The van der Waals surface area contributed by atoms with Crippen molar-refractivity contribution in [3.8, 4) is 89.0 Å². The lowest BCUT2D eigenvalue weighted by Crippen LogP contribution is -2.36. The molecule has 94 heavy (non-hydrogen) atoms. The van der Waals surface area contributed by atoms with Crippen LogP contribution in [0.4, 0.5) is 0 Å². The van der Waals surface area contributed by atoms with Crippen molar-refractivity contribution in [2.24, 2.45) is 0 Å². The number of fused-ring (bicyclic) bond motifs is 20. The summed E-state index contributed by atoms with van der Waals surface area (Å²) in [5.41, 5.74) is 25.4. The molecule has 18 aromatic rings. The third kappa shape index (κ3) is 7.07. The van der Waals surface area contributed by atoms with Crippen LogP contribution < -0.4 is 0 Å². The molecule has 0 fully saturated rings. The highest BCUT2D eigenvalue weighted by Crippen LogP contribution is 2.61. The Morgan fingerprint density at radius 1 is 0.160 bits per heavy atom. The van der Waals surface area contributed by atoms with Crippen LogP contribution in [0.25, 0.3) is 197 Å². The van der Waals surface area contributed by atoms with Crippen LogP contribution in [0.5, 0.6) is 0 Å². The van der Waals surface area contributed by atoms with E-state index >= 15 is 0 Å². The van der Waals surface area contributed by atoms with Gasteiger partial charge < -0.3 is 0 Å². The molecule has 0 bridgehead atoms. The van der Waals surface area contributed by atoms with E-state index in [1.807, 2.05) is 0 Å². The Labute approximate surface area is 545 Å². The highest BCUT2D eigenvalue weighted by molar-refractivity contribution is 6.25. The minimum atomic E-state index is -0.366. The van der Waals surface area contributed by atoms with Gasteiger partial charge >= 0.3 is 0 Å². The predicted molar refractivity (Wildman–Crippen MR) is 403 cm³/mol. The lowest BCUT2D eigenvalue weighted by Gasteiger charge is -2.44. The highest BCUT2D eigenvalue weighted by Gasteiger charge is 2.45. The first-order valence-electron chi connectivity index (χ1n) is 33.4. The Balaban J connectivity index is 0.806. The fourth-order valence-corrected chi connectivity index (χ4v) is 18.1. The Morgan fingerprint density at radius 2 is 0.362 bits per heavy atom. The van der Waals surface area contributed by atoms with Crippen LogP contribution in [0.3, 0.4) is 0 Å². The first kappa shape index (κ1) is 52.2. The zero-order valence-electron chi connectivity index (χ0n) is 52.7. The monoisotopic (exact) mass is 1190 g/mol. The molecule has 0 saturated carbocycles. The molecule has 0 unspecified atom stereocenters. The molecule has 18 aromatic carbocycles. The molecule has 0 radical (unpaired) electrons.